The molecule has 0 fully saturated rings. The number of H-pyrrole nitrogens is 1. The molecule has 2 aromatic carbocycles. The Bertz CT molecular complexity index is 1080. The summed E-state index contributed by atoms with van der Waals surface area (Å²) < 4.78 is 1.52. The molecule has 4 rings (SSSR count). The zero-order valence-electron chi connectivity index (χ0n) is 13.0. The van der Waals surface area contributed by atoms with Crippen LogP contribution in [0.1, 0.15) is 5.56 Å². The molecule has 5 heteroatoms. The molecule has 4 aromatic rings. The third kappa shape index (κ3) is 2.41. The Kier molecular flexibility index (Phi) is 3.47. The van der Waals surface area contributed by atoms with Gasteiger partial charge in [0, 0.05) is 11.2 Å². The molecule has 118 valence electrons. The SMILES string of the molecule is Cc1ccc(-n2[nH]c3nccc(-c4ccc(Cl)cc4)c3c2=O)cc1. The van der Waals surface area contributed by atoms with Crippen LogP contribution in [0.4, 0.5) is 0 Å². The predicted molar refractivity (Wildman–Crippen MR) is 96.9 cm³/mol. The average molecular weight is 336 g/mol. The van der Waals surface area contributed by atoms with E-state index >= 15 is 0 Å². The minimum atomic E-state index is -0.119. The van der Waals surface area contributed by atoms with Crippen LogP contribution < -0.4 is 5.56 Å². The molecule has 2 heterocycles. The summed E-state index contributed by atoms with van der Waals surface area (Å²) in [5.41, 5.74) is 4.14. The number of rotatable bonds is 2. The number of nitrogens with one attached hydrogen (secondary N) is 1. The van der Waals surface area contributed by atoms with Crippen molar-refractivity contribution in [1.82, 2.24) is 14.8 Å². The largest absolute Gasteiger partial charge is 0.281 e. The Morgan fingerprint density at radius 1 is 1.00 bits per heavy atom. The van der Waals surface area contributed by atoms with Crippen molar-refractivity contribution in [2.45, 2.75) is 6.92 Å². The van der Waals surface area contributed by atoms with Crippen molar-refractivity contribution in [2.75, 3.05) is 0 Å². The topological polar surface area (TPSA) is 50.7 Å². The van der Waals surface area contributed by atoms with E-state index in [1.54, 1.807) is 6.20 Å². The molecule has 0 saturated heterocycles. The number of aromatic nitrogens is 3. The number of halogens is 1. The van der Waals surface area contributed by atoms with Crippen LogP contribution in [-0.2, 0) is 0 Å². The van der Waals surface area contributed by atoms with Crippen LogP contribution in [0.15, 0.2) is 65.6 Å². The molecule has 4 nitrogen and oxygen atoms in total. The quantitative estimate of drug-likeness (QED) is 0.592. The molecule has 0 unspecified atom stereocenters. The zero-order valence-corrected chi connectivity index (χ0v) is 13.7. The molecule has 0 aliphatic rings. The van der Waals surface area contributed by atoms with Crippen LogP contribution in [-0.4, -0.2) is 14.8 Å². The summed E-state index contributed by atoms with van der Waals surface area (Å²) in [5.74, 6) is 0. The Labute approximate surface area is 143 Å². The first-order valence-electron chi connectivity index (χ1n) is 7.56. The fourth-order valence-electron chi connectivity index (χ4n) is 2.78. The Morgan fingerprint density at radius 3 is 2.42 bits per heavy atom. The second-order valence-electron chi connectivity index (χ2n) is 5.68. The summed E-state index contributed by atoms with van der Waals surface area (Å²) >= 11 is 5.96. The van der Waals surface area contributed by atoms with Gasteiger partial charge < -0.3 is 0 Å². The molecule has 0 aliphatic carbocycles. The van der Waals surface area contributed by atoms with E-state index in [0.717, 1.165) is 22.4 Å². The van der Waals surface area contributed by atoms with Crippen molar-refractivity contribution >= 4 is 22.6 Å². The van der Waals surface area contributed by atoms with Crippen LogP contribution >= 0.6 is 11.6 Å². The maximum Gasteiger partial charge on any atom is 0.281 e. The molecule has 0 atom stereocenters. The molecule has 0 radical (unpaired) electrons. The van der Waals surface area contributed by atoms with Crippen molar-refractivity contribution in [3.8, 4) is 16.8 Å². The average Bonchev–Trinajstić information content (AvgIpc) is 2.93. The molecule has 0 spiro atoms. The van der Waals surface area contributed by atoms with Crippen LogP contribution in [0.25, 0.3) is 27.8 Å². The number of aromatic amines is 1. The minimum absolute atomic E-state index is 0.119. The van der Waals surface area contributed by atoms with E-state index in [2.05, 4.69) is 10.1 Å². The fraction of sp³-hybridized carbons (Fsp3) is 0.0526. The van der Waals surface area contributed by atoms with Gasteiger partial charge in [-0.25, -0.2) is 9.67 Å². The highest BCUT2D eigenvalue weighted by Crippen LogP contribution is 2.26. The summed E-state index contributed by atoms with van der Waals surface area (Å²) in [5, 5.41) is 4.32. The number of fused-ring (bicyclic) bond motifs is 1. The van der Waals surface area contributed by atoms with Gasteiger partial charge in [-0.2, -0.15) is 0 Å². The molecule has 0 bridgehead atoms. The van der Waals surface area contributed by atoms with Crippen molar-refractivity contribution < 1.29 is 0 Å². The standard InChI is InChI=1S/C19H14ClN3O/c1-12-2-8-15(9-3-12)23-19(24)17-16(10-11-21-18(17)22-23)13-4-6-14(20)7-5-13/h2-11H,1H3,(H,21,22). The lowest BCUT2D eigenvalue weighted by molar-refractivity contribution is 0.858. The second kappa shape index (κ2) is 5.65. The molecule has 1 N–H and O–H groups in total. The maximum atomic E-state index is 12.9. The lowest BCUT2D eigenvalue weighted by atomic mass is 10.0. The Morgan fingerprint density at radius 2 is 1.71 bits per heavy atom. The number of nitrogens with zero attached hydrogens (tertiary/aromatic N) is 2. The predicted octanol–water partition coefficient (Wildman–Crippen LogP) is 4.34. The summed E-state index contributed by atoms with van der Waals surface area (Å²) in [6.07, 6.45) is 1.70. The first kappa shape index (κ1) is 14.7. The zero-order chi connectivity index (χ0) is 16.7. The molecule has 0 amide bonds. The van der Waals surface area contributed by atoms with Gasteiger partial charge in [0.15, 0.2) is 5.65 Å². The fourth-order valence-corrected chi connectivity index (χ4v) is 2.90. The van der Waals surface area contributed by atoms with Gasteiger partial charge in [0.1, 0.15) is 0 Å². The highest BCUT2D eigenvalue weighted by Gasteiger charge is 2.14. The summed E-state index contributed by atoms with van der Waals surface area (Å²) in [4.78, 5) is 17.2. The summed E-state index contributed by atoms with van der Waals surface area (Å²) in [7, 11) is 0. The summed E-state index contributed by atoms with van der Waals surface area (Å²) in [6.45, 7) is 2.01. The highest BCUT2D eigenvalue weighted by molar-refractivity contribution is 6.30. The first-order valence-corrected chi connectivity index (χ1v) is 7.94. The van der Waals surface area contributed by atoms with Gasteiger partial charge >= 0.3 is 0 Å². The molecule has 0 saturated carbocycles. The number of hydrogen-bond donors (Lipinski definition) is 1. The lowest BCUT2D eigenvalue weighted by Crippen LogP contribution is -2.14. The van der Waals surface area contributed by atoms with E-state index in [1.165, 1.54) is 4.68 Å². The van der Waals surface area contributed by atoms with E-state index in [4.69, 9.17) is 11.6 Å². The van der Waals surface area contributed by atoms with Gasteiger partial charge in [0.05, 0.1) is 11.1 Å². The van der Waals surface area contributed by atoms with Crippen molar-refractivity contribution in [3.63, 3.8) is 0 Å². The monoisotopic (exact) mass is 335 g/mol. The van der Waals surface area contributed by atoms with E-state index in [0.29, 0.717) is 16.1 Å². The molecular formula is C19H14ClN3O. The van der Waals surface area contributed by atoms with Crippen LogP contribution in [0.2, 0.25) is 5.02 Å². The van der Waals surface area contributed by atoms with E-state index < -0.39 is 0 Å². The van der Waals surface area contributed by atoms with E-state index in [9.17, 15) is 4.79 Å². The highest BCUT2D eigenvalue weighted by atomic mass is 35.5. The second-order valence-corrected chi connectivity index (χ2v) is 6.11. The minimum Gasteiger partial charge on any atom is -0.274 e. The van der Waals surface area contributed by atoms with Gasteiger partial charge in [0.25, 0.3) is 5.56 Å². The Hall–Kier alpha value is -2.85. The number of hydrogen-bond acceptors (Lipinski definition) is 2. The van der Waals surface area contributed by atoms with Crippen molar-refractivity contribution in [1.29, 1.82) is 0 Å². The Balaban J connectivity index is 1.96. The number of benzene rings is 2. The molecular weight excluding hydrogens is 322 g/mol. The smallest absolute Gasteiger partial charge is 0.274 e. The third-order valence-electron chi connectivity index (χ3n) is 4.03. The number of aryl methyl sites for hydroxylation is 1. The summed E-state index contributed by atoms with van der Waals surface area (Å²) in [6, 6.07) is 17.0. The normalized spacial score (nSPS) is 11.1. The first-order chi connectivity index (χ1) is 11.6. The van der Waals surface area contributed by atoms with E-state index in [1.807, 2.05) is 61.5 Å². The molecule has 0 aliphatic heterocycles. The van der Waals surface area contributed by atoms with Gasteiger partial charge in [-0.05, 0) is 48.4 Å². The lowest BCUT2D eigenvalue weighted by Gasteiger charge is -2.02. The molecule has 2 aromatic heterocycles. The van der Waals surface area contributed by atoms with Gasteiger partial charge in [0.2, 0.25) is 0 Å². The maximum absolute atomic E-state index is 12.9. The number of pyridine rings is 1. The van der Waals surface area contributed by atoms with Crippen molar-refractivity contribution in [3.05, 3.63) is 81.7 Å². The van der Waals surface area contributed by atoms with Crippen LogP contribution in [0.3, 0.4) is 0 Å². The van der Waals surface area contributed by atoms with Gasteiger partial charge in [-0.1, -0.05) is 41.4 Å². The van der Waals surface area contributed by atoms with Crippen molar-refractivity contribution in [2.24, 2.45) is 0 Å². The van der Waals surface area contributed by atoms with Gasteiger partial charge in [-0.3, -0.25) is 9.89 Å². The van der Waals surface area contributed by atoms with E-state index in [-0.39, 0.29) is 5.56 Å². The molecule has 24 heavy (non-hydrogen) atoms. The van der Waals surface area contributed by atoms with Crippen LogP contribution in [0.5, 0.6) is 0 Å². The third-order valence-corrected chi connectivity index (χ3v) is 4.29. The van der Waals surface area contributed by atoms with Gasteiger partial charge in [-0.15, -0.1) is 0 Å². The van der Waals surface area contributed by atoms with Crippen LogP contribution in [0, 0.1) is 6.92 Å².